The molecule has 1 N–H and O–H groups in total. The minimum atomic E-state index is -0.816. The van der Waals surface area contributed by atoms with Gasteiger partial charge in [0.2, 0.25) is 5.91 Å². The molecule has 1 saturated heterocycles. The number of amides is 1. The van der Waals surface area contributed by atoms with Crippen molar-refractivity contribution in [2.75, 3.05) is 26.7 Å². The van der Waals surface area contributed by atoms with E-state index in [0.717, 1.165) is 24.8 Å². The molecule has 1 fully saturated rings. The molecule has 1 aliphatic heterocycles. The predicted molar refractivity (Wildman–Crippen MR) is 99.0 cm³/mol. The third-order valence-electron chi connectivity index (χ3n) is 5.09. The summed E-state index contributed by atoms with van der Waals surface area (Å²) in [5.41, 5.74) is 0.336. The highest BCUT2D eigenvalue weighted by Gasteiger charge is 2.35. The lowest BCUT2D eigenvalue weighted by atomic mass is 9.83. The van der Waals surface area contributed by atoms with Crippen LogP contribution in [0.5, 0.6) is 0 Å². The quantitative estimate of drug-likeness (QED) is 0.870. The molecular formula is C19H27ClN2O3. The van der Waals surface area contributed by atoms with Crippen molar-refractivity contribution in [1.29, 1.82) is 0 Å². The van der Waals surface area contributed by atoms with Crippen molar-refractivity contribution in [3.8, 4) is 0 Å². The van der Waals surface area contributed by atoms with Crippen LogP contribution in [-0.4, -0.2) is 59.5 Å². The molecule has 1 aliphatic rings. The monoisotopic (exact) mass is 366 g/mol. The number of hydrogen-bond acceptors (Lipinski definition) is 3. The standard InChI is InChI=1S/C19H27ClN2O3/c1-19(2,14-6-8-15(20)9-7-14)18(25)22-11-4-5-16(10-12-22)21(3)13-17(23)24/h6-9,16H,4-5,10-13H2,1-3H3,(H,23,24). The lowest BCUT2D eigenvalue weighted by Gasteiger charge is -2.32. The van der Waals surface area contributed by atoms with Gasteiger partial charge in [0.05, 0.1) is 12.0 Å². The van der Waals surface area contributed by atoms with Crippen LogP contribution in [0, 0.1) is 0 Å². The van der Waals surface area contributed by atoms with Gasteiger partial charge in [-0.1, -0.05) is 23.7 Å². The molecule has 1 atom stereocenters. The molecule has 0 radical (unpaired) electrons. The van der Waals surface area contributed by atoms with Crippen molar-refractivity contribution >= 4 is 23.5 Å². The van der Waals surface area contributed by atoms with Gasteiger partial charge in [-0.25, -0.2) is 0 Å². The van der Waals surface area contributed by atoms with Gasteiger partial charge in [-0.15, -0.1) is 0 Å². The third kappa shape index (κ3) is 4.95. The molecule has 1 unspecified atom stereocenters. The molecular weight excluding hydrogens is 340 g/mol. The average Bonchev–Trinajstić information content (AvgIpc) is 2.80. The number of aliphatic carboxylic acids is 1. The highest BCUT2D eigenvalue weighted by molar-refractivity contribution is 6.30. The fourth-order valence-electron chi connectivity index (χ4n) is 3.45. The summed E-state index contributed by atoms with van der Waals surface area (Å²) in [6.45, 7) is 5.29. The molecule has 5 nitrogen and oxygen atoms in total. The van der Waals surface area contributed by atoms with E-state index in [2.05, 4.69) is 0 Å². The Morgan fingerprint density at radius 1 is 1.24 bits per heavy atom. The van der Waals surface area contributed by atoms with Gasteiger partial charge in [0.1, 0.15) is 0 Å². The van der Waals surface area contributed by atoms with Crippen molar-refractivity contribution in [2.45, 2.75) is 44.6 Å². The zero-order valence-corrected chi connectivity index (χ0v) is 15.9. The molecule has 1 heterocycles. The Kier molecular flexibility index (Phi) is 6.47. The molecule has 0 bridgehead atoms. The van der Waals surface area contributed by atoms with Crippen molar-refractivity contribution in [2.24, 2.45) is 0 Å². The van der Waals surface area contributed by atoms with Crippen LogP contribution in [0.25, 0.3) is 0 Å². The highest BCUT2D eigenvalue weighted by atomic mass is 35.5. The van der Waals surface area contributed by atoms with E-state index in [1.807, 2.05) is 55.0 Å². The van der Waals surface area contributed by atoms with Gasteiger partial charge in [0.15, 0.2) is 0 Å². The fourth-order valence-corrected chi connectivity index (χ4v) is 3.58. The number of carboxylic acid groups (broad SMARTS) is 1. The van der Waals surface area contributed by atoms with Gasteiger partial charge in [-0.05, 0) is 57.9 Å². The first kappa shape index (κ1) is 19.7. The largest absolute Gasteiger partial charge is 0.480 e. The number of halogens is 1. The molecule has 1 amide bonds. The number of likely N-dealkylation sites (tertiary alicyclic amines) is 1. The maximum atomic E-state index is 13.1. The van der Waals surface area contributed by atoms with Gasteiger partial charge < -0.3 is 10.0 Å². The number of rotatable bonds is 5. The minimum absolute atomic E-state index is 0.0366. The zero-order valence-electron chi connectivity index (χ0n) is 15.2. The Balaban J connectivity index is 2.04. The lowest BCUT2D eigenvalue weighted by molar-refractivity contribution is -0.139. The average molecular weight is 367 g/mol. The molecule has 138 valence electrons. The van der Waals surface area contributed by atoms with Crippen LogP contribution in [-0.2, 0) is 15.0 Å². The third-order valence-corrected chi connectivity index (χ3v) is 5.35. The van der Waals surface area contributed by atoms with Gasteiger partial charge in [0.25, 0.3) is 0 Å². The van der Waals surface area contributed by atoms with Crippen molar-refractivity contribution in [3.05, 3.63) is 34.9 Å². The first-order chi connectivity index (χ1) is 11.7. The van der Waals surface area contributed by atoms with Crippen molar-refractivity contribution in [1.82, 2.24) is 9.80 Å². The normalized spacial score (nSPS) is 18.9. The van der Waals surface area contributed by atoms with Crippen molar-refractivity contribution in [3.63, 3.8) is 0 Å². The van der Waals surface area contributed by atoms with E-state index in [-0.39, 0.29) is 18.5 Å². The second kappa shape index (κ2) is 8.19. The van der Waals surface area contributed by atoms with E-state index in [9.17, 15) is 9.59 Å². The van der Waals surface area contributed by atoms with E-state index in [0.29, 0.717) is 18.1 Å². The molecule has 1 aromatic rings. The van der Waals surface area contributed by atoms with E-state index in [1.54, 1.807) is 0 Å². The summed E-state index contributed by atoms with van der Waals surface area (Å²) in [4.78, 5) is 27.8. The summed E-state index contributed by atoms with van der Waals surface area (Å²) in [6, 6.07) is 7.63. The Morgan fingerprint density at radius 3 is 2.48 bits per heavy atom. The first-order valence-electron chi connectivity index (χ1n) is 8.69. The van der Waals surface area contributed by atoms with Crippen LogP contribution in [0.1, 0.15) is 38.7 Å². The van der Waals surface area contributed by atoms with E-state index in [4.69, 9.17) is 16.7 Å². The first-order valence-corrected chi connectivity index (χ1v) is 9.07. The Bertz CT molecular complexity index is 616. The maximum Gasteiger partial charge on any atom is 0.317 e. The van der Waals surface area contributed by atoms with Crippen LogP contribution >= 0.6 is 11.6 Å². The summed E-state index contributed by atoms with van der Waals surface area (Å²) in [7, 11) is 1.84. The summed E-state index contributed by atoms with van der Waals surface area (Å²) < 4.78 is 0. The van der Waals surface area contributed by atoms with Crippen LogP contribution in [0.3, 0.4) is 0 Å². The Morgan fingerprint density at radius 2 is 1.88 bits per heavy atom. The second-order valence-corrected chi connectivity index (χ2v) is 7.75. The Labute approximate surface area is 154 Å². The molecule has 1 aromatic carbocycles. The van der Waals surface area contributed by atoms with Gasteiger partial charge in [-0.3, -0.25) is 14.5 Å². The number of hydrogen-bond donors (Lipinski definition) is 1. The molecule has 2 rings (SSSR count). The van der Waals surface area contributed by atoms with Crippen LogP contribution in [0.2, 0.25) is 5.02 Å². The van der Waals surface area contributed by atoms with Gasteiger partial charge >= 0.3 is 5.97 Å². The van der Waals surface area contributed by atoms with E-state index >= 15 is 0 Å². The molecule has 0 saturated carbocycles. The van der Waals surface area contributed by atoms with E-state index in [1.165, 1.54) is 0 Å². The number of carbonyl (C=O) groups excluding carboxylic acids is 1. The number of benzene rings is 1. The summed E-state index contributed by atoms with van der Waals surface area (Å²) in [5.74, 6) is -0.708. The summed E-state index contributed by atoms with van der Waals surface area (Å²) in [6.07, 6.45) is 2.60. The van der Waals surface area contributed by atoms with Gasteiger partial charge in [0, 0.05) is 24.2 Å². The number of nitrogens with zero attached hydrogens (tertiary/aromatic N) is 2. The summed E-state index contributed by atoms with van der Waals surface area (Å²) in [5, 5.41) is 9.62. The SMILES string of the molecule is CN(CC(=O)O)C1CCCN(C(=O)C(C)(C)c2ccc(Cl)cc2)CC1. The summed E-state index contributed by atoms with van der Waals surface area (Å²) >= 11 is 5.95. The second-order valence-electron chi connectivity index (χ2n) is 7.32. The van der Waals surface area contributed by atoms with Crippen LogP contribution < -0.4 is 0 Å². The topological polar surface area (TPSA) is 60.9 Å². The molecule has 6 heteroatoms. The highest BCUT2D eigenvalue weighted by Crippen LogP contribution is 2.28. The molecule has 0 spiro atoms. The number of carbonyl (C=O) groups is 2. The number of likely N-dealkylation sites (N-methyl/N-ethyl adjacent to an activating group) is 1. The molecule has 0 aliphatic carbocycles. The maximum absolute atomic E-state index is 13.1. The minimum Gasteiger partial charge on any atom is -0.480 e. The van der Waals surface area contributed by atoms with Crippen LogP contribution in [0.4, 0.5) is 0 Å². The zero-order chi connectivity index (χ0) is 18.6. The fraction of sp³-hybridized carbons (Fsp3) is 0.579. The molecule has 25 heavy (non-hydrogen) atoms. The predicted octanol–water partition coefficient (Wildman–Crippen LogP) is 3.02. The smallest absolute Gasteiger partial charge is 0.317 e. The van der Waals surface area contributed by atoms with E-state index < -0.39 is 11.4 Å². The number of carboxylic acids is 1. The lowest BCUT2D eigenvalue weighted by Crippen LogP contribution is -2.44. The van der Waals surface area contributed by atoms with Gasteiger partial charge in [-0.2, -0.15) is 0 Å². The van der Waals surface area contributed by atoms with Crippen molar-refractivity contribution < 1.29 is 14.7 Å². The molecule has 0 aromatic heterocycles. The van der Waals surface area contributed by atoms with Crippen LogP contribution in [0.15, 0.2) is 24.3 Å². The Hall–Kier alpha value is -1.59.